The number of halogens is 1. The Morgan fingerprint density at radius 2 is 2.21 bits per heavy atom. The van der Waals surface area contributed by atoms with Gasteiger partial charge in [0.05, 0.1) is 12.2 Å². The Balaban J connectivity index is 1.91. The van der Waals surface area contributed by atoms with Crippen LogP contribution in [0, 0.1) is 0 Å². The van der Waals surface area contributed by atoms with Crippen LogP contribution in [-0.4, -0.2) is 33.5 Å². The van der Waals surface area contributed by atoms with Gasteiger partial charge in [-0.1, -0.05) is 33.3 Å². The fraction of sp³-hybridized carbons (Fsp3) is 0.385. The van der Waals surface area contributed by atoms with E-state index in [0.717, 1.165) is 23.3 Å². The average molecular weight is 324 g/mol. The van der Waals surface area contributed by atoms with Crippen LogP contribution in [0.2, 0.25) is 0 Å². The van der Waals surface area contributed by atoms with Gasteiger partial charge in [-0.2, -0.15) is 0 Å². The van der Waals surface area contributed by atoms with Gasteiger partial charge in [-0.25, -0.2) is 0 Å². The summed E-state index contributed by atoms with van der Waals surface area (Å²) in [6.45, 7) is 2.94. The van der Waals surface area contributed by atoms with Gasteiger partial charge in [0.15, 0.2) is 0 Å². The third kappa shape index (κ3) is 4.41. The lowest BCUT2D eigenvalue weighted by Crippen LogP contribution is -2.17. The molecule has 0 saturated heterocycles. The Bertz CT molecular complexity index is 525. The number of nitrogens with two attached hydrogens (primary N) is 1. The number of aromatic nitrogens is 3. The highest BCUT2D eigenvalue weighted by molar-refractivity contribution is 9.10. The van der Waals surface area contributed by atoms with Gasteiger partial charge >= 0.3 is 0 Å². The zero-order chi connectivity index (χ0) is 13.7. The number of nitrogens with zero attached hydrogens (tertiary/aromatic N) is 4. The summed E-state index contributed by atoms with van der Waals surface area (Å²) in [6.07, 6.45) is 1.95. The first-order chi connectivity index (χ1) is 9.17. The second-order valence-corrected chi connectivity index (χ2v) is 5.48. The van der Waals surface area contributed by atoms with Crippen molar-refractivity contribution in [1.29, 1.82) is 0 Å². The molecule has 0 amide bonds. The van der Waals surface area contributed by atoms with Gasteiger partial charge in [0.25, 0.3) is 0 Å². The third-order valence-corrected chi connectivity index (χ3v) is 3.21. The van der Waals surface area contributed by atoms with E-state index in [-0.39, 0.29) is 0 Å². The van der Waals surface area contributed by atoms with Crippen molar-refractivity contribution >= 4 is 15.9 Å². The minimum atomic E-state index is 0.580. The average Bonchev–Trinajstić information content (AvgIpc) is 2.77. The number of rotatable bonds is 6. The summed E-state index contributed by atoms with van der Waals surface area (Å²) in [6, 6.07) is 8.32. The van der Waals surface area contributed by atoms with Gasteiger partial charge in [0.2, 0.25) is 0 Å². The zero-order valence-corrected chi connectivity index (χ0v) is 12.5. The molecule has 2 rings (SSSR count). The van der Waals surface area contributed by atoms with Crippen molar-refractivity contribution in [2.45, 2.75) is 19.6 Å². The van der Waals surface area contributed by atoms with Crippen LogP contribution >= 0.6 is 15.9 Å². The Morgan fingerprint density at radius 3 is 2.95 bits per heavy atom. The van der Waals surface area contributed by atoms with Crippen LogP contribution in [0.25, 0.3) is 0 Å². The first kappa shape index (κ1) is 14.2. The SMILES string of the molecule is CN(Cc1cccc(Br)c1)Cc1cn(CCN)nn1. The molecule has 5 nitrogen and oxygen atoms in total. The van der Waals surface area contributed by atoms with Crippen molar-refractivity contribution in [2.75, 3.05) is 13.6 Å². The fourth-order valence-electron chi connectivity index (χ4n) is 1.93. The van der Waals surface area contributed by atoms with Crippen molar-refractivity contribution in [3.05, 3.63) is 46.2 Å². The van der Waals surface area contributed by atoms with E-state index in [4.69, 9.17) is 5.73 Å². The summed E-state index contributed by atoms with van der Waals surface area (Å²) in [5, 5.41) is 8.17. The Morgan fingerprint density at radius 1 is 1.37 bits per heavy atom. The molecule has 0 aliphatic carbocycles. The molecule has 6 heteroatoms. The zero-order valence-electron chi connectivity index (χ0n) is 11.0. The van der Waals surface area contributed by atoms with E-state index < -0.39 is 0 Å². The van der Waals surface area contributed by atoms with Gasteiger partial charge in [-0.3, -0.25) is 9.58 Å². The molecule has 0 atom stereocenters. The summed E-state index contributed by atoms with van der Waals surface area (Å²) < 4.78 is 2.88. The molecule has 0 unspecified atom stereocenters. The smallest absolute Gasteiger partial charge is 0.0967 e. The molecule has 1 aromatic carbocycles. The molecule has 0 radical (unpaired) electrons. The summed E-state index contributed by atoms with van der Waals surface area (Å²) >= 11 is 3.48. The van der Waals surface area contributed by atoms with E-state index in [9.17, 15) is 0 Å². The minimum absolute atomic E-state index is 0.580. The second-order valence-electron chi connectivity index (χ2n) is 4.56. The Kier molecular flexibility index (Phi) is 5.07. The molecule has 0 aliphatic heterocycles. The molecule has 1 aromatic heterocycles. The molecule has 2 N–H and O–H groups in total. The van der Waals surface area contributed by atoms with Crippen LogP contribution in [0.3, 0.4) is 0 Å². The van der Waals surface area contributed by atoms with Crippen LogP contribution in [0.5, 0.6) is 0 Å². The summed E-state index contributed by atoms with van der Waals surface area (Å²) in [5.41, 5.74) is 7.72. The van der Waals surface area contributed by atoms with Gasteiger partial charge in [0.1, 0.15) is 0 Å². The normalized spacial score (nSPS) is 11.2. The van der Waals surface area contributed by atoms with Crippen LogP contribution in [0.1, 0.15) is 11.3 Å². The lowest BCUT2D eigenvalue weighted by Gasteiger charge is -2.15. The van der Waals surface area contributed by atoms with Gasteiger partial charge in [-0.15, -0.1) is 5.10 Å². The largest absolute Gasteiger partial charge is 0.329 e. The highest BCUT2D eigenvalue weighted by Crippen LogP contribution is 2.13. The lowest BCUT2D eigenvalue weighted by molar-refractivity contribution is 0.315. The second kappa shape index (κ2) is 6.79. The van der Waals surface area contributed by atoms with Crippen LogP contribution in [0.4, 0.5) is 0 Å². The van der Waals surface area contributed by atoms with Gasteiger partial charge in [0, 0.05) is 30.3 Å². The van der Waals surface area contributed by atoms with E-state index in [2.05, 4.69) is 50.3 Å². The Labute approximate surface area is 121 Å². The summed E-state index contributed by atoms with van der Waals surface area (Å²) in [7, 11) is 2.07. The maximum atomic E-state index is 5.48. The predicted octanol–water partition coefficient (Wildman–Crippen LogP) is 1.63. The number of hydrogen-bond acceptors (Lipinski definition) is 4. The molecule has 0 bridgehead atoms. The first-order valence-corrected chi connectivity index (χ1v) is 6.99. The van der Waals surface area contributed by atoms with E-state index in [1.54, 1.807) is 4.68 Å². The predicted molar refractivity (Wildman–Crippen MR) is 78.4 cm³/mol. The lowest BCUT2D eigenvalue weighted by atomic mass is 10.2. The van der Waals surface area contributed by atoms with Crippen LogP contribution in [0.15, 0.2) is 34.9 Å². The minimum Gasteiger partial charge on any atom is -0.329 e. The van der Waals surface area contributed by atoms with Crippen LogP contribution < -0.4 is 5.73 Å². The molecule has 19 heavy (non-hydrogen) atoms. The van der Waals surface area contributed by atoms with Gasteiger partial charge in [-0.05, 0) is 24.7 Å². The monoisotopic (exact) mass is 323 g/mol. The topological polar surface area (TPSA) is 60.0 Å². The number of benzene rings is 1. The molecule has 1 heterocycles. The van der Waals surface area contributed by atoms with Crippen molar-refractivity contribution in [1.82, 2.24) is 19.9 Å². The highest BCUT2D eigenvalue weighted by atomic mass is 79.9. The third-order valence-electron chi connectivity index (χ3n) is 2.72. The summed E-state index contributed by atoms with van der Waals surface area (Å²) in [5.74, 6) is 0. The van der Waals surface area contributed by atoms with E-state index in [0.29, 0.717) is 13.1 Å². The maximum Gasteiger partial charge on any atom is 0.0967 e. The van der Waals surface area contributed by atoms with Gasteiger partial charge < -0.3 is 5.73 Å². The number of hydrogen-bond donors (Lipinski definition) is 1. The quantitative estimate of drug-likeness (QED) is 0.877. The first-order valence-electron chi connectivity index (χ1n) is 6.19. The Hall–Kier alpha value is -1.24. The maximum absolute atomic E-state index is 5.48. The molecule has 0 aliphatic rings. The van der Waals surface area contributed by atoms with E-state index in [1.165, 1.54) is 5.56 Å². The molecule has 2 aromatic rings. The molecule has 0 spiro atoms. The van der Waals surface area contributed by atoms with Crippen molar-refractivity contribution < 1.29 is 0 Å². The molecular weight excluding hydrogens is 306 g/mol. The fourth-order valence-corrected chi connectivity index (χ4v) is 2.38. The van der Waals surface area contributed by atoms with Crippen LogP contribution in [-0.2, 0) is 19.6 Å². The summed E-state index contributed by atoms with van der Waals surface area (Å²) in [4.78, 5) is 2.21. The molecular formula is C13H18BrN5. The molecule has 102 valence electrons. The van der Waals surface area contributed by atoms with Crippen molar-refractivity contribution in [3.8, 4) is 0 Å². The highest BCUT2D eigenvalue weighted by Gasteiger charge is 2.05. The van der Waals surface area contributed by atoms with Crippen molar-refractivity contribution in [2.24, 2.45) is 5.73 Å². The molecule has 0 fully saturated rings. The van der Waals surface area contributed by atoms with E-state index >= 15 is 0 Å². The standard InChI is InChI=1S/C13H18BrN5/c1-18(8-11-3-2-4-12(14)7-11)9-13-10-19(6-5-15)17-16-13/h2-4,7,10H,5-6,8-9,15H2,1H3. The van der Waals surface area contributed by atoms with Crippen molar-refractivity contribution in [3.63, 3.8) is 0 Å². The molecule has 0 saturated carbocycles. The van der Waals surface area contributed by atoms with E-state index in [1.807, 2.05) is 18.3 Å².